The van der Waals surface area contributed by atoms with Gasteiger partial charge >= 0.3 is 0 Å². The van der Waals surface area contributed by atoms with Crippen LogP contribution in [0.5, 0.6) is 0 Å². The molecule has 2 saturated carbocycles. The third-order valence-electron chi connectivity index (χ3n) is 9.42. The Labute approximate surface area is 215 Å². The molecule has 0 aromatic heterocycles. The fourth-order valence-corrected chi connectivity index (χ4v) is 7.22. The van der Waals surface area contributed by atoms with Gasteiger partial charge in [-0.25, -0.2) is 0 Å². The largest absolute Gasteiger partial charge is 0.311 e. The van der Waals surface area contributed by atoms with Crippen LogP contribution >= 0.6 is 0 Å². The predicted octanol–water partition coefficient (Wildman–Crippen LogP) is 5.99. The number of benzene rings is 2. The minimum absolute atomic E-state index is 0.00425. The van der Waals surface area contributed by atoms with Crippen molar-refractivity contribution in [1.82, 2.24) is 4.90 Å². The van der Waals surface area contributed by atoms with Crippen molar-refractivity contribution in [3.63, 3.8) is 0 Å². The van der Waals surface area contributed by atoms with E-state index >= 15 is 0 Å². The highest BCUT2D eigenvalue weighted by Gasteiger charge is 2.44. The zero-order valence-electron chi connectivity index (χ0n) is 21.6. The minimum atomic E-state index is -0.00425. The molecule has 5 aliphatic rings. The van der Waals surface area contributed by atoms with Crippen LogP contribution in [0.2, 0.25) is 0 Å². The van der Waals surface area contributed by atoms with Gasteiger partial charge in [0.25, 0.3) is 5.91 Å². The van der Waals surface area contributed by atoms with E-state index in [9.17, 15) is 9.59 Å². The number of nitrogens with zero attached hydrogens (tertiary/aromatic N) is 3. The molecule has 2 aromatic rings. The van der Waals surface area contributed by atoms with Gasteiger partial charge in [0.15, 0.2) is 0 Å². The molecule has 0 spiro atoms. The fraction of sp³-hybridized carbons (Fsp3) is 0.548. The Morgan fingerprint density at radius 1 is 0.833 bits per heavy atom. The number of fused-ring (bicyclic) bond motifs is 3. The summed E-state index contributed by atoms with van der Waals surface area (Å²) >= 11 is 0. The fourth-order valence-electron chi connectivity index (χ4n) is 7.22. The number of rotatable bonds is 5. The Bertz CT molecular complexity index is 1080. The second kappa shape index (κ2) is 10.0. The third-order valence-corrected chi connectivity index (χ3v) is 9.42. The van der Waals surface area contributed by atoms with Crippen LogP contribution in [0.4, 0.5) is 11.4 Å². The average molecular weight is 486 g/mol. The average Bonchev–Trinajstić information content (AvgIpc) is 3.34. The number of anilines is 2. The van der Waals surface area contributed by atoms with Gasteiger partial charge in [0.1, 0.15) is 0 Å². The molecule has 1 atom stereocenters. The smallest absolute Gasteiger partial charge is 0.258 e. The Balaban J connectivity index is 1.10. The Kier molecular flexibility index (Phi) is 6.59. The van der Waals surface area contributed by atoms with Crippen LogP contribution in [0, 0.1) is 5.92 Å². The van der Waals surface area contributed by atoms with Gasteiger partial charge in [0.2, 0.25) is 5.91 Å². The van der Waals surface area contributed by atoms with Crippen LogP contribution in [-0.4, -0.2) is 48.9 Å². The van der Waals surface area contributed by atoms with Crippen LogP contribution in [0.25, 0.3) is 0 Å². The molecule has 190 valence electrons. The molecule has 1 unspecified atom stereocenters. The van der Waals surface area contributed by atoms with Gasteiger partial charge in [-0.15, -0.1) is 0 Å². The molecule has 5 heteroatoms. The molecule has 7 rings (SSSR count). The van der Waals surface area contributed by atoms with Crippen molar-refractivity contribution in [3.05, 3.63) is 59.7 Å². The lowest BCUT2D eigenvalue weighted by Gasteiger charge is -2.47. The normalized spacial score (nSPS) is 27.0. The number of carbonyl (C=O) groups is 2. The van der Waals surface area contributed by atoms with E-state index in [0.29, 0.717) is 12.0 Å². The number of hydrogen-bond donors (Lipinski definition) is 0. The summed E-state index contributed by atoms with van der Waals surface area (Å²) in [4.78, 5) is 32.7. The number of amides is 2. The van der Waals surface area contributed by atoms with Crippen LogP contribution in [0.3, 0.4) is 0 Å². The summed E-state index contributed by atoms with van der Waals surface area (Å²) in [5, 5.41) is 0. The Morgan fingerprint density at radius 2 is 1.53 bits per heavy atom. The summed E-state index contributed by atoms with van der Waals surface area (Å²) < 4.78 is 0. The van der Waals surface area contributed by atoms with E-state index in [1.54, 1.807) is 4.90 Å². The SMILES string of the molecule is CN(C(=O)c1ccc(C2CCCCC2)cc1)c1ccc(N2CCC(N3CC4CCC3CC4)C2=O)cc1. The first kappa shape index (κ1) is 23.7. The highest BCUT2D eigenvalue weighted by molar-refractivity contribution is 6.06. The van der Waals surface area contributed by atoms with Gasteiger partial charge in [0, 0.05) is 43.1 Å². The van der Waals surface area contributed by atoms with E-state index in [4.69, 9.17) is 0 Å². The van der Waals surface area contributed by atoms with Gasteiger partial charge < -0.3 is 9.80 Å². The highest BCUT2D eigenvalue weighted by Crippen LogP contribution is 2.39. The summed E-state index contributed by atoms with van der Waals surface area (Å²) in [6, 6.07) is 16.8. The molecule has 5 fully saturated rings. The maximum absolute atomic E-state index is 13.4. The van der Waals surface area contributed by atoms with E-state index < -0.39 is 0 Å². The van der Waals surface area contributed by atoms with E-state index in [2.05, 4.69) is 17.0 Å². The van der Waals surface area contributed by atoms with Crippen LogP contribution in [-0.2, 0) is 4.79 Å². The first-order valence-corrected chi connectivity index (χ1v) is 14.1. The van der Waals surface area contributed by atoms with Crippen LogP contribution in [0.15, 0.2) is 48.5 Å². The minimum Gasteiger partial charge on any atom is -0.311 e. The molecule has 2 aromatic carbocycles. The molecule has 0 N–H and O–H groups in total. The van der Waals surface area contributed by atoms with Gasteiger partial charge in [-0.3, -0.25) is 14.5 Å². The second-order valence-electron chi connectivity index (χ2n) is 11.5. The molecular weight excluding hydrogens is 446 g/mol. The van der Waals surface area contributed by atoms with Gasteiger partial charge in [-0.2, -0.15) is 0 Å². The first-order valence-electron chi connectivity index (χ1n) is 14.1. The molecule has 5 nitrogen and oxygen atoms in total. The van der Waals surface area contributed by atoms with E-state index in [0.717, 1.165) is 42.4 Å². The topological polar surface area (TPSA) is 43.9 Å². The van der Waals surface area contributed by atoms with E-state index in [-0.39, 0.29) is 17.9 Å². The van der Waals surface area contributed by atoms with Crippen molar-refractivity contribution in [2.45, 2.75) is 82.2 Å². The van der Waals surface area contributed by atoms with Crippen molar-refractivity contribution >= 4 is 23.2 Å². The molecule has 36 heavy (non-hydrogen) atoms. The molecule has 3 saturated heterocycles. The first-order chi connectivity index (χ1) is 17.6. The lowest BCUT2D eigenvalue weighted by molar-refractivity contribution is -0.124. The van der Waals surface area contributed by atoms with Crippen molar-refractivity contribution < 1.29 is 9.59 Å². The van der Waals surface area contributed by atoms with Gasteiger partial charge in [0.05, 0.1) is 6.04 Å². The number of carbonyl (C=O) groups excluding carboxylic acids is 2. The summed E-state index contributed by atoms with van der Waals surface area (Å²) in [5.74, 6) is 1.67. The van der Waals surface area contributed by atoms with E-state index in [1.165, 1.54) is 63.4 Å². The van der Waals surface area contributed by atoms with Crippen molar-refractivity contribution in [3.8, 4) is 0 Å². The number of hydrogen-bond acceptors (Lipinski definition) is 3. The summed E-state index contributed by atoms with van der Waals surface area (Å²) in [6.45, 7) is 1.88. The predicted molar refractivity (Wildman–Crippen MR) is 145 cm³/mol. The van der Waals surface area contributed by atoms with Gasteiger partial charge in [-0.1, -0.05) is 31.4 Å². The molecule has 0 radical (unpaired) electrons. The lowest BCUT2D eigenvalue weighted by atomic mass is 9.79. The Morgan fingerprint density at radius 3 is 2.17 bits per heavy atom. The van der Waals surface area contributed by atoms with E-state index in [1.807, 2.05) is 48.3 Å². The van der Waals surface area contributed by atoms with Crippen LogP contribution < -0.4 is 9.80 Å². The molecule has 2 amide bonds. The van der Waals surface area contributed by atoms with Gasteiger partial charge in [-0.05, 0) is 98.7 Å². The third kappa shape index (κ3) is 4.47. The molecule has 3 heterocycles. The van der Waals surface area contributed by atoms with Crippen LogP contribution in [0.1, 0.15) is 86.0 Å². The summed E-state index contributed by atoms with van der Waals surface area (Å²) in [7, 11) is 1.83. The quantitative estimate of drug-likeness (QED) is 0.522. The molecule has 2 aliphatic carbocycles. The zero-order valence-corrected chi connectivity index (χ0v) is 21.6. The van der Waals surface area contributed by atoms with Crippen molar-refractivity contribution in [2.75, 3.05) is 29.9 Å². The lowest BCUT2D eigenvalue weighted by Crippen LogP contribution is -2.55. The monoisotopic (exact) mass is 485 g/mol. The molecule has 3 aliphatic heterocycles. The zero-order chi connectivity index (χ0) is 24.6. The summed E-state index contributed by atoms with van der Waals surface area (Å²) in [6.07, 6.45) is 12.6. The standard InChI is InChI=1S/C31H39N3O2/c1-32(30(35)25-11-9-24(10-12-25)23-5-3-2-4-6-23)26-15-17-27(18-16-26)33-20-19-29(31(33)36)34-21-22-7-13-28(34)14-8-22/h9-12,15-18,22-23,28-29H,2-8,13-14,19-21H2,1H3. The Hall–Kier alpha value is -2.66. The molecular formula is C31H39N3O2. The highest BCUT2D eigenvalue weighted by atomic mass is 16.2. The second-order valence-corrected chi connectivity index (χ2v) is 11.5. The van der Waals surface area contributed by atoms with Crippen molar-refractivity contribution in [2.24, 2.45) is 5.92 Å². The maximum atomic E-state index is 13.4. The summed E-state index contributed by atoms with van der Waals surface area (Å²) in [5.41, 5.74) is 3.86. The van der Waals surface area contributed by atoms with Crippen molar-refractivity contribution in [1.29, 1.82) is 0 Å². The number of piperidine rings is 2. The molecule has 2 bridgehead atoms. The maximum Gasteiger partial charge on any atom is 0.258 e.